The van der Waals surface area contributed by atoms with Crippen LogP contribution in [0, 0.1) is 148 Å². The highest BCUT2D eigenvalue weighted by atomic mass is 32.1. The lowest BCUT2D eigenvalue weighted by Gasteiger charge is -2.46. The Morgan fingerprint density at radius 2 is 0.693 bits per heavy atom. The molecule has 0 amide bonds. The number of likely N-dealkylation sites (tertiary alicyclic amines) is 1. The molecule has 0 spiro atoms. The van der Waals surface area contributed by atoms with Gasteiger partial charge >= 0.3 is 30.5 Å². The maximum absolute atomic E-state index is 16.3. The van der Waals surface area contributed by atoms with E-state index in [2.05, 4.69) is 105 Å². The summed E-state index contributed by atoms with van der Waals surface area (Å²) in [6.07, 6.45) is 36.4. The van der Waals surface area contributed by atoms with Gasteiger partial charge in [-0.25, -0.2) is 106 Å². The first-order valence-electron chi connectivity index (χ1n) is 51.0. The minimum absolute atomic E-state index is 0.00258. The van der Waals surface area contributed by atoms with Crippen LogP contribution in [-0.4, -0.2) is 197 Å². The molecule has 0 radical (unpaired) electrons. The number of carboxylic acids is 4. The van der Waals surface area contributed by atoms with E-state index in [9.17, 15) is 57.2 Å². The highest BCUT2D eigenvalue weighted by molar-refractivity contribution is 7.10. The maximum atomic E-state index is 16.3. The Labute approximate surface area is 857 Å². The van der Waals surface area contributed by atoms with Gasteiger partial charge in [-0.05, 0) is 258 Å². The molecule has 8 bridgehead atoms. The molecule has 16 aromatic rings. The summed E-state index contributed by atoms with van der Waals surface area (Å²) in [4.78, 5) is 123. The summed E-state index contributed by atoms with van der Waals surface area (Å²) >= 11 is 1.53. The Morgan fingerprint density at radius 1 is 0.400 bits per heavy atom. The van der Waals surface area contributed by atoms with Crippen LogP contribution < -0.4 is 0 Å². The molecule has 0 unspecified atom stereocenters. The van der Waals surface area contributed by atoms with E-state index >= 15 is 17.6 Å². The number of carboxylic acid groups (broad SMARTS) is 4. The number of aliphatic carboxylic acids is 4. The second kappa shape index (κ2) is 41.2. The molecule has 8 N–H and O–H groups in total. The summed E-state index contributed by atoms with van der Waals surface area (Å²) in [5.74, 6) is -8.18. The normalized spacial score (nSPS) is 23.7. The van der Waals surface area contributed by atoms with Crippen molar-refractivity contribution in [2.75, 3.05) is 34.2 Å². The summed E-state index contributed by atoms with van der Waals surface area (Å²) in [7, 11) is 5.98. The predicted octanol–water partition coefficient (Wildman–Crippen LogP) is 19.7. The van der Waals surface area contributed by atoms with Crippen molar-refractivity contribution >= 4 is 79.3 Å². The van der Waals surface area contributed by atoms with Crippen LogP contribution in [-0.2, 0) is 64.6 Å². The molecule has 42 heteroatoms. The van der Waals surface area contributed by atoms with Crippen molar-refractivity contribution in [1.82, 2.24) is 119 Å². The Hall–Kier alpha value is -14.9. The number of nitrogens with zero attached hydrogens (tertiary/aromatic N) is 21. The van der Waals surface area contributed by atoms with Crippen LogP contribution in [0.4, 0.5) is 35.1 Å². The lowest BCUT2D eigenvalue weighted by molar-refractivity contribution is -0.153. The fourth-order valence-electron chi connectivity index (χ4n) is 26.0. The van der Waals surface area contributed by atoms with E-state index in [1.807, 2.05) is 49.1 Å². The number of H-pyrrole nitrogens is 4. The molecule has 12 aliphatic carbocycles. The maximum Gasteiger partial charge on any atom is 0.307 e. The van der Waals surface area contributed by atoms with Crippen LogP contribution in [0.15, 0.2) is 122 Å². The van der Waals surface area contributed by atoms with E-state index in [0.29, 0.717) is 95.2 Å². The van der Waals surface area contributed by atoms with Gasteiger partial charge < -0.3 is 50.2 Å². The average molecular weight is 2070 g/mol. The quantitative estimate of drug-likeness (QED) is 0.0195. The van der Waals surface area contributed by atoms with Crippen LogP contribution in [0.1, 0.15) is 143 Å². The van der Waals surface area contributed by atoms with E-state index in [1.54, 1.807) is 54.3 Å². The van der Waals surface area contributed by atoms with Crippen LogP contribution in [0.3, 0.4) is 0 Å². The van der Waals surface area contributed by atoms with Gasteiger partial charge in [-0.3, -0.25) is 33.4 Å². The first-order valence-corrected chi connectivity index (χ1v) is 51.9. The minimum Gasteiger partial charge on any atom is -0.481 e. The summed E-state index contributed by atoms with van der Waals surface area (Å²) in [5, 5.41) is 56.8. The predicted molar refractivity (Wildman–Crippen MR) is 536 cm³/mol. The third kappa shape index (κ3) is 19.4. The number of rotatable bonds is 25. The highest BCUT2D eigenvalue weighted by Gasteiger charge is 2.53. The monoisotopic (exact) mass is 2070 g/mol. The Kier molecular flexibility index (Phi) is 27.4. The Bertz CT molecular complexity index is 7910. The van der Waals surface area contributed by atoms with E-state index in [4.69, 9.17) is 6.57 Å². The van der Waals surface area contributed by atoms with Gasteiger partial charge in [0.1, 0.15) is 68.6 Å². The number of nitrogens with one attached hydrogen (secondary N) is 4. The molecular weight excluding hydrogens is 1960 g/mol. The van der Waals surface area contributed by atoms with E-state index in [-0.39, 0.29) is 178 Å². The summed E-state index contributed by atoms with van der Waals surface area (Å²) in [6, 6.07) is 7.52. The lowest BCUT2D eigenvalue weighted by Crippen LogP contribution is -2.45. The Balaban J connectivity index is 0.000000113. The number of halogens is 8. The fraction of sp³-hybridized carbons (Fsp3) is 0.426. The van der Waals surface area contributed by atoms with Gasteiger partial charge in [0.05, 0.1) is 95.9 Å². The first kappa shape index (κ1) is 99.7. The molecule has 17 heterocycles. The van der Waals surface area contributed by atoms with Crippen LogP contribution in [0.2, 0.25) is 0 Å². The minimum atomic E-state index is -0.840. The molecule has 1 saturated heterocycles. The Morgan fingerprint density at radius 3 is 0.987 bits per heavy atom. The van der Waals surface area contributed by atoms with E-state index < -0.39 is 94.1 Å². The molecule has 33 nitrogen and oxygen atoms in total. The number of aromatic nitrogens is 22. The van der Waals surface area contributed by atoms with Crippen LogP contribution >= 0.6 is 11.3 Å². The average Bonchev–Trinajstić information content (AvgIpc) is 1.12. The molecule has 12 saturated carbocycles. The summed E-state index contributed by atoms with van der Waals surface area (Å²) in [5.41, 5.74) is 7.01. The molecule has 1 aliphatic heterocycles. The number of likely N-dealkylation sites (N-methyl/N-ethyl adjacent to an activating group) is 1. The third-order valence-corrected chi connectivity index (χ3v) is 34.0. The smallest absolute Gasteiger partial charge is 0.307 e. The second-order valence-corrected chi connectivity index (χ2v) is 43.0. The summed E-state index contributed by atoms with van der Waals surface area (Å²) < 4.78 is 126. The molecular formula is C108H107F8N25O8S. The van der Waals surface area contributed by atoms with Gasteiger partial charge in [0.2, 0.25) is 0 Å². The molecule has 13 fully saturated rings. The van der Waals surface area contributed by atoms with Gasteiger partial charge in [0.15, 0.2) is 46.6 Å². The fourth-order valence-corrected chi connectivity index (χ4v) is 27.0. The molecule has 13 aliphatic rings. The van der Waals surface area contributed by atoms with Crippen LogP contribution in [0.25, 0.3) is 140 Å². The third-order valence-electron chi connectivity index (χ3n) is 33.1. The molecule has 774 valence electrons. The van der Waals surface area contributed by atoms with Crippen molar-refractivity contribution < 1.29 is 74.7 Å². The second-order valence-electron chi connectivity index (χ2n) is 42.0. The van der Waals surface area contributed by atoms with Gasteiger partial charge in [0.25, 0.3) is 0 Å². The molecule has 0 aromatic carbocycles. The van der Waals surface area contributed by atoms with Crippen LogP contribution in [0.5, 0.6) is 0 Å². The number of fused-ring (bicyclic) bond motifs is 16. The van der Waals surface area contributed by atoms with Crippen molar-refractivity contribution in [2.45, 2.75) is 161 Å². The first-order chi connectivity index (χ1) is 72.5. The molecule has 16 aromatic heterocycles. The summed E-state index contributed by atoms with van der Waals surface area (Å²) in [6.45, 7) is 12.0. The van der Waals surface area contributed by atoms with Gasteiger partial charge in [-0.15, -0.1) is 11.3 Å². The molecule has 29 rings (SSSR count). The molecule has 150 heavy (non-hydrogen) atoms. The van der Waals surface area contributed by atoms with Gasteiger partial charge in [0, 0.05) is 146 Å². The van der Waals surface area contributed by atoms with Crippen molar-refractivity contribution in [2.24, 2.45) is 94.7 Å². The number of aromatic amines is 4. The van der Waals surface area contributed by atoms with Crippen molar-refractivity contribution in [1.29, 1.82) is 0 Å². The van der Waals surface area contributed by atoms with Crippen molar-refractivity contribution in [3.8, 4) is 90.6 Å². The number of carbonyl (C=O) groups is 4. The number of hydrogen-bond acceptors (Lipinski definition) is 22. The van der Waals surface area contributed by atoms with Crippen molar-refractivity contribution in [3.63, 3.8) is 0 Å². The van der Waals surface area contributed by atoms with Gasteiger partial charge in [-0.2, -0.15) is 15.3 Å². The van der Waals surface area contributed by atoms with E-state index in [1.165, 1.54) is 52.7 Å². The molecule has 8 atom stereocenters. The number of hydrogen-bond donors (Lipinski definition) is 8. The number of aryl methyl sites for hydroxylation is 1. The SMILES string of the molecule is CCn1cc(-c2nc(-c3c[nH]c4ncc(F)cc34)nc(C[C@H]3C4CCC(CC4)[C@@H]3C(=O)O)c2F)cn1.CN(C)Cc1cc(-c2nc(-c3c[nH]c4ncc(F)cc34)nc(C[C@H]3C4CCC(CC4)[C@@H]3C(=O)O)c2F)cs1.CN1CC(n2cc(-c3nc(-c4c[nH]c5ncc(F)cc45)nc(C[C@H]4C5CCC(CC5)[C@@H]4C(=O)O)c3F)cn2)C1.[C-]#[N+]Cn1cc(-c2nc(-c3c[nH]c4ncc(F)cc34)nc(C[C@H]3C4CCC(CC4)[C@@H]3C(=O)O)c2F)cn1. The standard InChI is InChI=1S/C28H29F2N7O2.C28H29F2N5O2S.C26H23F2N7O2.C26H26F2N6O2/c1-36-12-18(13-36)37-11-16(8-33-37)25-24(30)22(7-19-14-2-4-15(5-3-14)23(19)28(38)39)34-27(35-25)21-10-32-26-20(21)6-17(29)9-31-26;1-35(2)12-18-7-16(13-38-18)25-24(30)22(9-19-14-3-5-15(6-4-14)23(19)28(36)37)33-27(34-25)21-11-32-26-20(21)8-17(29)10-31-26;1-29-12-35-11-15(8-32-35)23-22(28)20(7-17-13-2-4-14(5-3-13)21(17)26(36)37)33-25(34-23)19-10-31-24-18(19)6-16(27)9-30-24;1-2-34-12-15(9-31-34)23-22(28)20(8-17-13-3-5-14(6-4-13)21(17)26(35)36)32-25(33-23)19-11-30-24-18(19)7-16(27)10-29-24/h6,8-11,14-15,18-19,23H,2-5,7,12-13H2,1H3,(H,31,32)(H,38,39);7-8,10-11,13-15,19,23H,3-6,9,12H2,1-2H3,(H,31,32)(H,36,37);6,8-11,13-14,17,21H,2-5,7,12H2,(H,30,31)(H,36,37);7,9-14,17,21H,2-6,8H2,1H3,(H,29,30)(H,35,36)/t2*14?,15?,19-,23-;2*13?,14?,17-,21-/m0000/s1. The number of pyridine rings is 4. The lowest BCUT2D eigenvalue weighted by atomic mass is 9.57. The van der Waals surface area contributed by atoms with E-state index in [0.717, 1.165) is 152 Å². The highest BCUT2D eigenvalue weighted by Crippen LogP contribution is 2.56. The largest absolute Gasteiger partial charge is 0.481 e. The number of thiophene rings is 1. The zero-order valence-corrected chi connectivity index (χ0v) is 83.1. The zero-order chi connectivity index (χ0) is 104. The van der Waals surface area contributed by atoms with Crippen molar-refractivity contribution in [3.05, 3.63) is 208 Å². The van der Waals surface area contributed by atoms with Gasteiger partial charge in [-0.1, -0.05) is 0 Å². The zero-order valence-electron chi connectivity index (χ0n) is 82.3. The topological polar surface area (TPSA) is 431 Å².